The van der Waals surface area contributed by atoms with E-state index in [2.05, 4.69) is 15.8 Å². The summed E-state index contributed by atoms with van der Waals surface area (Å²) < 4.78 is 4.97. The molecule has 10 heteroatoms. The van der Waals surface area contributed by atoms with Gasteiger partial charge in [0.2, 0.25) is 0 Å². The number of carbonyl (C=O) groups excluding carboxylic acids is 1. The second-order valence-electron chi connectivity index (χ2n) is 6.51. The summed E-state index contributed by atoms with van der Waals surface area (Å²) in [5, 5.41) is 21.4. The molecule has 0 atom stereocenters. The van der Waals surface area contributed by atoms with Crippen LogP contribution in [0.1, 0.15) is 15.4 Å². The maximum absolute atomic E-state index is 12.7. The maximum Gasteiger partial charge on any atom is 0.273 e. The van der Waals surface area contributed by atoms with Gasteiger partial charge in [-0.3, -0.25) is 19.3 Å². The van der Waals surface area contributed by atoms with Crippen molar-refractivity contribution in [1.82, 2.24) is 5.16 Å². The number of benzene rings is 1. The minimum absolute atomic E-state index is 0.0245. The molecule has 0 unspecified atom stereocenters. The molecule has 0 aliphatic rings. The van der Waals surface area contributed by atoms with Gasteiger partial charge in [0, 0.05) is 24.2 Å². The van der Waals surface area contributed by atoms with E-state index in [1.807, 2.05) is 6.07 Å². The van der Waals surface area contributed by atoms with Gasteiger partial charge in [-0.1, -0.05) is 23.4 Å². The van der Waals surface area contributed by atoms with E-state index in [0.29, 0.717) is 17.3 Å². The third kappa shape index (κ3) is 3.33. The number of nitrogens with zero attached hydrogens (tertiary/aromatic N) is 2. The molecule has 0 radical (unpaired) electrons. The highest BCUT2D eigenvalue weighted by Crippen LogP contribution is 2.38. The van der Waals surface area contributed by atoms with Gasteiger partial charge in [0.05, 0.1) is 5.69 Å². The van der Waals surface area contributed by atoms with Crippen molar-refractivity contribution in [2.75, 3.05) is 22.6 Å². The van der Waals surface area contributed by atoms with Crippen LogP contribution in [-0.2, 0) is 0 Å². The van der Waals surface area contributed by atoms with Crippen molar-refractivity contribution in [2.45, 2.75) is 6.92 Å². The highest BCUT2D eigenvalue weighted by atomic mass is 32.1. The molecule has 152 valence electrons. The zero-order chi connectivity index (χ0) is 21.4. The highest BCUT2D eigenvalue weighted by molar-refractivity contribution is 7.13. The molecule has 4 rings (SSSR count). The van der Waals surface area contributed by atoms with Crippen LogP contribution in [0.4, 0.5) is 28.6 Å². The molecule has 9 nitrogen and oxygen atoms in total. The number of aromatic nitrogens is 1. The van der Waals surface area contributed by atoms with E-state index in [9.17, 15) is 19.5 Å². The van der Waals surface area contributed by atoms with Gasteiger partial charge in [0.25, 0.3) is 16.8 Å². The van der Waals surface area contributed by atoms with Crippen molar-refractivity contribution in [3.63, 3.8) is 0 Å². The lowest BCUT2D eigenvalue weighted by atomic mass is 10.1. The Hall–Kier alpha value is -3.92. The minimum Gasteiger partial charge on any atom is -0.504 e. The standard InChI is InChI=1S/C20H16N4O5S/c1-10-8-13(23-29-10)24(2)20(28)19-16(25)12(9-30-19)22-15-14(17(26)18(15)27)21-11-6-4-3-5-7-11/h3-9,21-22,25H,1-2H3. The van der Waals surface area contributed by atoms with Gasteiger partial charge in [0.1, 0.15) is 22.0 Å². The molecule has 0 saturated carbocycles. The third-order valence-electron chi connectivity index (χ3n) is 4.44. The van der Waals surface area contributed by atoms with Gasteiger partial charge in [0.15, 0.2) is 11.6 Å². The zero-order valence-corrected chi connectivity index (χ0v) is 16.7. The van der Waals surface area contributed by atoms with Crippen molar-refractivity contribution in [2.24, 2.45) is 0 Å². The van der Waals surface area contributed by atoms with Crippen LogP contribution in [0.3, 0.4) is 0 Å². The molecule has 2 aromatic carbocycles. The van der Waals surface area contributed by atoms with Crippen molar-refractivity contribution >= 4 is 45.8 Å². The fraction of sp³-hybridized carbons (Fsp3) is 0.100. The molecule has 0 aliphatic carbocycles. The number of aromatic hydroxyl groups is 1. The number of anilines is 5. The number of thiophene rings is 1. The monoisotopic (exact) mass is 424 g/mol. The van der Waals surface area contributed by atoms with Gasteiger partial charge in [-0.05, 0) is 19.1 Å². The largest absolute Gasteiger partial charge is 0.504 e. The molecule has 0 spiro atoms. The Balaban J connectivity index is 1.57. The molecule has 0 bridgehead atoms. The lowest BCUT2D eigenvalue weighted by Gasteiger charge is -2.15. The molecular formula is C20H16N4O5S. The number of hydrogen-bond donors (Lipinski definition) is 3. The summed E-state index contributed by atoms with van der Waals surface area (Å²) in [7, 11) is 1.50. The summed E-state index contributed by atoms with van der Waals surface area (Å²) in [4.78, 5) is 38.0. The molecule has 0 aliphatic heterocycles. The Morgan fingerprint density at radius 2 is 1.80 bits per heavy atom. The Morgan fingerprint density at radius 3 is 2.43 bits per heavy atom. The summed E-state index contributed by atoms with van der Waals surface area (Å²) in [6.45, 7) is 1.70. The van der Waals surface area contributed by atoms with Crippen LogP contribution >= 0.6 is 11.3 Å². The number of aryl methyl sites for hydroxylation is 1. The van der Waals surface area contributed by atoms with Gasteiger partial charge in [-0.15, -0.1) is 11.3 Å². The molecule has 0 saturated heterocycles. The summed E-state index contributed by atoms with van der Waals surface area (Å²) in [6.07, 6.45) is 0. The van der Waals surface area contributed by atoms with Crippen LogP contribution in [0.2, 0.25) is 0 Å². The fourth-order valence-corrected chi connectivity index (χ4v) is 3.66. The van der Waals surface area contributed by atoms with E-state index in [0.717, 1.165) is 11.3 Å². The average molecular weight is 424 g/mol. The van der Waals surface area contributed by atoms with Crippen LogP contribution in [0.15, 0.2) is 55.9 Å². The van der Waals surface area contributed by atoms with Gasteiger partial charge < -0.3 is 20.3 Å². The predicted octanol–water partition coefficient (Wildman–Crippen LogP) is 3.11. The lowest BCUT2D eigenvalue weighted by Crippen LogP contribution is -2.35. The Bertz CT molecular complexity index is 1300. The second kappa shape index (κ2) is 7.48. The molecule has 1 amide bonds. The van der Waals surface area contributed by atoms with Crippen LogP contribution in [0.25, 0.3) is 0 Å². The number of para-hydroxylation sites is 1. The van der Waals surface area contributed by atoms with Crippen LogP contribution in [0, 0.1) is 6.92 Å². The first-order chi connectivity index (χ1) is 14.4. The molecule has 2 heterocycles. The SMILES string of the molecule is Cc1cc(N(C)C(=O)c2scc(Nc3c(Nc4ccccc4)c(=O)c3=O)c2O)no1. The van der Waals surface area contributed by atoms with Crippen molar-refractivity contribution in [3.05, 3.63) is 72.9 Å². The van der Waals surface area contributed by atoms with Gasteiger partial charge in [-0.25, -0.2) is 0 Å². The maximum atomic E-state index is 12.7. The number of amides is 1. The van der Waals surface area contributed by atoms with E-state index in [-0.39, 0.29) is 27.7 Å². The van der Waals surface area contributed by atoms with Gasteiger partial charge >= 0.3 is 0 Å². The molecule has 2 aromatic heterocycles. The Labute approximate surface area is 173 Å². The quantitative estimate of drug-likeness (QED) is 0.403. The Kier molecular flexibility index (Phi) is 4.84. The molecule has 3 N–H and O–H groups in total. The smallest absolute Gasteiger partial charge is 0.273 e. The summed E-state index contributed by atoms with van der Waals surface area (Å²) in [5.74, 6) is 0.0276. The number of nitrogens with one attached hydrogen (secondary N) is 2. The number of carbonyl (C=O) groups is 1. The fourth-order valence-electron chi connectivity index (χ4n) is 2.79. The van der Waals surface area contributed by atoms with E-state index in [1.165, 1.54) is 17.3 Å². The Morgan fingerprint density at radius 1 is 1.13 bits per heavy atom. The number of rotatable bonds is 6. The topological polar surface area (TPSA) is 125 Å². The van der Waals surface area contributed by atoms with E-state index < -0.39 is 16.8 Å². The predicted molar refractivity (Wildman–Crippen MR) is 114 cm³/mol. The third-order valence-corrected chi connectivity index (χ3v) is 5.39. The summed E-state index contributed by atoms with van der Waals surface area (Å²) in [5.41, 5.74) is -0.453. The van der Waals surface area contributed by atoms with E-state index >= 15 is 0 Å². The average Bonchev–Trinajstić information content (AvgIpc) is 3.35. The normalized spacial score (nSPS) is 10.9. The number of hydrogen-bond acceptors (Lipinski definition) is 9. The van der Waals surface area contributed by atoms with Crippen molar-refractivity contribution in [3.8, 4) is 5.75 Å². The first-order valence-electron chi connectivity index (χ1n) is 8.81. The molecule has 30 heavy (non-hydrogen) atoms. The molecule has 0 fully saturated rings. The van der Waals surface area contributed by atoms with Crippen LogP contribution in [0.5, 0.6) is 5.75 Å². The summed E-state index contributed by atoms with van der Waals surface area (Å²) >= 11 is 0.997. The first-order valence-corrected chi connectivity index (χ1v) is 9.69. The zero-order valence-electron chi connectivity index (χ0n) is 15.9. The van der Waals surface area contributed by atoms with Crippen LogP contribution in [-0.4, -0.2) is 23.2 Å². The second-order valence-corrected chi connectivity index (χ2v) is 7.39. The van der Waals surface area contributed by atoms with Gasteiger partial charge in [-0.2, -0.15) is 0 Å². The van der Waals surface area contributed by atoms with Crippen molar-refractivity contribution in [1.29, 1.82) is 0 Å². The molecular weight excluding hydrogens is 408 g/mol. The lowest BCUT2D eigenvalue weighted by molar-refractivity contribution is 0.0993. The van der Waals surface area contributed by atoms with Crippen LogP contribution < -0.4 is 26.4 Å². The van der Waals surface area contributed by atoms with Crippen molar-refractivity contribution < 1.29 is 14.4 Å². The highest BCUT2D eigenvalue weighted by Gasteiger charge is 2.26. The first kappa shape index (κ1) is 19.4. The molecule has 4 aromatic rings. The van der Waals surface area contributed by atoms with E-state index in [4.69, 9.17) is 4.52 Å². The van der Waals surface area contributed by atoms with E-state index in [1.54, 1.807) is 37.3 Å². The minimum atomic E-state index is -0.706. The summed E-state index contributed by atoms with van der Waals surface area (Å²) in [6, 6.07) is 10.5.